The Morgan fingerprint density at radius 1 is 0.467 bits per heavy atom. The molecule has 1 amide bonds. The zero-order chi connectivity index (χ0) is 43.8. The second-order valence-corrected chi connectivity index (χ2v) is 18.6. The number of carbonyl (C=O) groups is 2. The Balaban J connectivity index is 4.54. The molecule has 0 saturated heterocycles. The smallest absolute Gasteiger partial charge is 0.306 e. The first-order valence-electron chi connectivity index (χ1n) is 26.9. The van der Waals surface area contributed by atoms with E-state index in [4.69, 9.17) is 4.74 Å². The molecule has 0 spiro atoms. The summed E-state index contributed by atoms with van der Waals surface area (Å²) in [5.41, 5.74) is 0. The van der Waals surface area contributed by atoms with Crippen molar-refractivity contribution < 1.29 is 24.5 Å². The summed E-state index contributed by atoms with van der Waals surface area (Å²) in [6, 6.07) is -0.696. The van der Waals surface area contributed by atoms with Crippen LogP contribution in [0.25, 0.3) is 0 Å². The van der Waals surface area contributed by atoms with Crippen molar-refractivity contribution in [2.75, 3.05) is 6.61 Å². The van der Waals surface area contributed by atoms with E-state index in [0.29, 0.717) is 19.3 Å². The second-order valence-electron chi connectivity index (χ2n) is 18.6. The second kappa shape index (κ2) is 48.6. The highest BCUT2D eigenvalue weighted by atomic mass is 16.5. The number of allylic oxidation sites excluding steroid dienone is 2. The van der Waals surface area contributed by atoms with Crippen molar-refractivity contribution in [2.45, 2.75) is 315 Å². The first kappa shape index (κ1) is 58.6. The van der Waals surface area contributed by atoms with Crippen molar-refractivity contribution in [2.24, 2.45) is 0 Å². The van der Waals surface area contributed by atoms with Crippen molar-refractivity contribution in [1.29, 1.82) is 0 Å². The number of rotatable bonds is 49. The third-order valence-corrected chi connectivity index (χ3v) is 12.6. The van der Waals surface area contributed by atoms with Crippen LogP contribution in [0, 0.1) is 0 Å². The fourth-order valence-corrected chi connectivity index (χ4v) is 8.49. The number of nitrogens with one attached hydrogen (secondary N) is 1. The Hall–Kier alpha value is -1.40. The maximum atomic E-state index is 13.2. The summed E-state index contributed by atoms with van der Waals surface area (Å²) in [7, 11) is 0. The summed E-state index contributed by atoms with van der Waals surface area (Å²) in [4.78, 5) is 26.2. The highest BCUT2D eigenvalue weighted by Gasteiger charge is 2.24. The zero-order valence-electron chi connectivity index (χ0n) is 40.6. The molecule has 3 N–H and O–H groups in total. The van der Waals surface area contributed by atoms with Gasteiger partial charge in [0, 0.05) is 6.42 Å². The van der Waals surface area contributed by atoms with Gasteiger partial charge in [-0.05, 0) is 51.4 Å². The molecule has 3 atom stereocenters. The van der Waals surface area contributed by atoms with Gasteiger partial charge in [-0.3, -0.25) is 9.59 Å². The largest absolute Gasteiger partial charge is 0.462 e. The van der Waals surface area contributed by atoms with E-state index in [0.717, 1.165) is 51.4 Å². The van der Waals surface area contributed by atoms with Crippen LogP contribution in [-0.4, -0.2) is 46.9 Å². The minimum Gasteiger partial charge on any atom is -0.462 e. The summed E-state index contributed by atoms with van der Waals surface area (Å²) in [6.07, 6.45) is 54.1. The van der Waals surface area contributed by atoms with Gasteiger partial charge in [-0.25, -0.2) is 0 Å². The predicted molar refractivity (Wildman–Crippen MR) is 260 cm³/mol. The Bertz CT molecular complexity index is 909. The number of aliphatic hydroxyl groups is 2. The fourth-order valence-electron chi connectivity index (χ4n) is 8.49. The van der Waals surface area contributed by atoms with E-state index >= 15 is 0 Å². The molecule has 0 saturated carbocycles. The summed E-state index contributed by atoms with van der Waals surface area (Å²) in [6.45, 7) is 6.50. The monoisotopic (exact) mass is 848 g/mol. The van der Waals surface area contributed by atoms with Crippen LogP contribution >= 0.6 is 0 Å². The lowest BCUT2D eigenvalue weighted by Crippen LogP contribution is -2.46. The molecule has 0 aliphatic carbocycles. The van der Waals surface area contributed by atoms with Gasteiger partial charge in [0.05, 0.1) is 25.2 Å². The van der Waals surface area contributed by atoms with Crippen molar-refractivity contribution >= 4 is 11.9 Å². The predicted octanol–water partition coefficient (Wildman–Crippen LogP) is 16.1. The summed E-state index contributed by atoms with van der Waals surface area (Å²) in [5, 5.41) is 23.8. The molecule has 0 aromatic carbocycles. The number of aliphatic hydroxyl groups excluding tert-OH is 2. The average molecular weight is 848 g/mol. The fraction of sp³-hybridized carbons (Fsp3) is 0.926. The molecule has 0 bridgehead atoms. The molecule has 356 valence electrons. The molecule has 0 aromatic rings. The molecular formula is C54H105NO5. The van der Waals surface area contributed by atoms with Crippen LogP contribution in [0.1, 0.15) is 297 Å². The van der Waals surface area contributed by atoms with E-state index < -0.39 is 18.2 Å². The van der Waals surface area contributed by atoms with Crippen LogP contribution in [0.4, 0.5) is 0 Å². The quantitative estimate of drug-likeness (QED) is 0.0322. The molecular weight excluding hydrogens is 743 g/mol. The van der Waals surface area contributed by atoms with Crippen molar-refractivity contribution in [1.82, 2.24) is 5.32 Å². The minimum atomic E-state index is -0.782. The summed E-state index contributed by atoms with van der Waals surface area (Å²) < 4.78 is 5.94. The van der Waals surface area contributed by atoms with E-state index in [-0.39, 0.29) is 24.9 Å². The van der Waals surface area contributed by atoms with Crippen LogP contribution in [0.15, 0.2) is 12.2 Å². The van der Waals surface area contributed by atoms with E-state index in [1.165, 1.54) is 199 Å². The molecule has 0 radical (unpaired) electrons. The molecule has 0 aromatic heterocycles. The number of amides is 1. The number of ether oxygens (including phenoxy) is 1. The van der Waals surface area contributed by atoms with Gasteiger partial charge in [-0.1, -0.05) is 245 Å². The van der Waals surface area contributed by atoms with E-state index in [1.807, 2.05) is 0 Å². The lowest BCUT2D eigenvalue weighted by Gasteiger charge is -2.24. The third-order valence-electron chi connectivity index (χ3n) is 12.6. The summed E-state index contributed by atoms with van der Waals surface area (Å²) in [5.74, 6) is -0.460. The standard InChI is InChI=1S/C54H105NO5/c1-4-7-10-13-16-19-22-25-26-27-28-29-30-33-36-39-42-45-50(60-54(59)47-44-41-38-35-32-24-21-18-15-12-9-6-3)48-53(58)55-51(49-56)52(57)46-43-40-37-34-31-23-20-17-14-11-8-5-2/h25-26,50-52,56-57H,4-24,27-49H2,1-3H3,(H,55,58)/b26-25+. The van der Waals surface area contributed by atoms with Gasteiger partial charge in [0.1, 0.15) is 6.10 Å². The molecule has 6 heteroatoms. The number of hydrogen-bond acceptors (Lipinski definition) is 5. The van der Waals surface area contributed by atoms with Crippen LogP contribution in [0.3, 0.4) is 0 Å². The SMILES string of the molecule is CCCCCCCC/C=C/CCCCCCCCCC(CC(=O)NC(CO)C(O)CCCCCCCCCCCCCC)OC(=O)CCCCCCCCCCCCCC. The zero-order valence-corrected chi connectivity index (χ0v) is 40.6. The molecule has 0 fully saturated rings. The number of esters is 1. The Morgan fingerprint density at radius 2 is 0.800 bits per heavy atom. The Kier molecular flexibility index (Phi) is 47.5. The molecule has 60 heavy (non-hydrogen) atoms. The number of unbranched alkanes of at least 4 members (excludes halogenated alkanes) is 35. The van der Waals surface area contributed by atoms with E-state index in [9.17, 15) is 19.8 Å². The van der Waals surface area contributed by atoms with Gasteiger partial charge in [-0.15, -0.1) is 0 Å². The lowest BCUT2D eigenvalue weighted by molar-refractivity contribution is -0.151. The van der Waals surface area contributed by atoms with Gasteiger partial charge in [0.15, 0.2) is 0 Å². The average Bonchev–Trinajstić information content (AvgIpc) is 3.24. The minimum absolute atomic E-state index is 0.0817. The Labute approximate surface area is 374 Å². The Morgan fingerprint density at radius 3 is 1.18 bits per heavy atom. The van der Waals surface area contributed by atoms with Gasteiger partial charge in [-0.2, -0.15) is 0 Å². The molecule has 3 unspecified atom stereocenters. The number of carbonyl (C=O) groups excluding carboxylic acids is 2. The highest BCUT2D eigenvalue weighted by Crippen LogP contribution is 2.18. The van der Waals surface area contributed by atoms with Crippen LogP contribution < -0.4 is 5.32 Å². The summed E-state index contributed by atoms with van der Waals surface area (Å²) >= 11 is 0. The molecule has 0 aliphatic heterocycles. The van der Waals surface area contributed by atoms with Crippen molar-refractivity contribution in [3.63, 3.8) is 0 Å². The molecule has 0 rings (SSSR count). The molecule has 6 nitrogen and oxygen atoms in total. The van der Waals surface area contributed by atoms with Gasteiger partial charge >= 0.3 is 5.97 Å². The van der Waals surface area contributed by atoms with Crippen LogP contribution in [-0.2, 0) is 14.3 Å². The maximum Gasteiger partial charge on any atom is 0.306 e. The van der Waals surface area contributed by atoms with Crippen LogP contribution in [0.5, 0.6) is 0 Å². The van der Waals surface area contributed by atoms with Gasteiger partial charge in [0.2, 0.25) is 5.91 Å². The molecule has 0 heterocycles. The molecule has 0 aliphatic rings. The normalized spacial score (nSPS) is 13.2. The van der Waals surface area contributed by atoms with Gasteiger partial charge < -0.3 is 20.3 Å². The lowest BCUT2D eigenvalue weighted by atomic mass is 10.0. The van der Waals surface area contributed by atoms with Crippen LogP contribution in [0.2, 0.25) is 0 Å². The maximum absolute atomic E-state index is 13.2. The first-order chi connectivity index (χ1) is 29.5. The van der Waals surface area contributed by atoms with Crippen molar-refractivity contribution in [3.05, 3.63) is 12.2 Å². The first-order valence-corrected chi connectivity index (χ1v) is 26.9. The topological polar surface area (TPSA) is 95.9 Å². The van der Waals surface area contributed by atoms with Crippen molar-refractivity contribution in [3.8, 4) is 0 Å². The van der Waals surface area contributed by atoms with E-state index in [1.54, 1.807) is 0 Å². The third kappa shape index (κ3) is 43.3. The number of hydrogen-bond donors (Lipinski definition) is 3. The highest BCUT2D eigenvalue weighted by molar-refractivity contribution is 5.77. The van der Waals surface area contributed by atoms with E-state index in [2.05, 4.69) is 38.2 Å². The van der Waals surface area contributed by atoms with Gasteiger partial charge in [0.25, 0.3) is 0 Å².